The van der Waals surface area contributed by atoms with Crippen LogP contribution in [0.15, 0.2) is 0 Å². The Morgan fingerprint density at radius 1 is 1.50 bits per heavy atom. The highest BCUT2D eigenvalue weighted by atomic mass is 32.9. The molecule has 8 heteroatoms. The predicted octanol–water partition coefficient (Wildman–Crippen LogP) is 1.92. The van der Waals surface area contributed by atoms with E-state index < -0.39 is 17.5 Å². The van der Waals surface area contributed by atoms with Crippen molar-refractivity contribution in [3.05, 3.63) is 0 Å². The lowest BCUT2D eigenvalue weighted by Gasteiger charge is -2.19. The lowest BCUT2D eigenvalue weighted by molar-refractivity contribution is -0.142. The first-order valence-electron chi connectivity index (χ1n) is 5.58. The maximum absolute atomic E-state index is 11.6. The Labute approximate surface area is 117 Å². The highest BCUT2D eigenvalue weighted by molar-refractivity contribution is 8.69. The molecule has 0 aromatic heterocycles. The van der Waals surface area contributed by atoms with Crippen molar-refractivity contribution >= 4 is 40.5 Å². The third-order valence-corrected chi connectivity index (χ3v) is 7.01. The first-order chi connectivity index (χ1) is 8.19. The average Bonchev–Trinajstić information content (AvgIpc) is 2.22. The van der Waals surface area contributed by atoms with Crippen LogP contribution in [0.4, 0.5) is 0 Å². The fourth-order valence-corrected chi connectivity index (χ4v) is 4.54. The Balaban J connectivity index is 4.27. The molecule has 0 spiro atoms. The summed E-state index contributed by atoms with van der Waals surface area (Å²) in [5.74, 6) is -1.38. The molecule has 106 valence electrons. The Kier molecular flexibility index (Phi) is 8.10. The van der Waals surface area contributed by atoms with Crippen LogP contribution in [0.5, 0.6) is 0 Å². The molecule has 0 aromatic carbocycles. The molecule has 0 aliphatic heterocycles. The number of carbonyl (C=O) groups excluding carboxylic acids is 1. The fraction of sp³-hybridized carbons (Fsp3) is 0.800. The minimum atomic E-state index is -2.00. The Morgan fingerprint density at radius 3 is 2.44 bits per heavy atom. The molecule has 0 radical (unpaired) electrons. The molecule has 0 saturated heterocycles. The molecule has 0 aromatic rings. The van der Waals surface area contributed by atoms with Crippen molar-refractivity contribution in [2.75, 3.05) is 19.0 Å². The maximum atomic E-state index is 11.6. The number of hydrogen-bond acceptors (Lipinski definition) is 5. The molecule has 2 N–H and O–H groups in total. The van der Waals surface area contributed by atoms with Crippen LogP contribution in [-0.2, 0) is 25.9 Å². The molecule has 0 rings (SSSR count). The van der Waals surface area contributed by atoms with Crippen molar-refractivity contribution in [2.45, 2.75) is 26.8 Å². The second-order valence-corrected chi connectivity index (χ2v) is 12.1. The normalized spacial score (nSPS) is 16.1. The van der Waals surface area contributed by atoms with Gasteiger partial charge in [-0.2, -0.15) is 0 Å². The second-order valence-electron chi connectivity index (χ2n) is 4.09. The molecule has 0 aliphatic carbocycles. The summed E-state index contributed by atoms with van der Waals surface area (Å²) in [6.45, 7) is 7.67. The number of carboxylic acid groups (broad SMARTS) is 1. The Bertz CT molecular complexity index is 349. The van der Waals surface area contributed by atoms with Gasteiger partial charge in [-0.3, -0.25) is 4.79 Å². The zero-order valence-corrected chi connectivity index (χ0v) is 13.5. The SMILES string of the molecule is CCOP(C)(=S)SCC(=O)NC(C(=O)O)C(C)C. The minimum Gasteiger partial charge on any atom is -0.480 e. The molecule has 5 nitrogen and oxygen atoms in total. The molecule has 0 heterocycles. The number of amides is 1. The van der Waals surface area contributed by atoms with E-state index in [0.29, 0.717) is 6.61 Å². The van der Waals surface area contributed by atoms with E-state index in [9.17, 15) is 9.59 Å². The molecular formula is C10H20NO4PS2. The Morgan fingerprint density at radius 2 is 2.06 bits per heavy atom. The van der Waals surface area contributed by atoms with Crippen molar-refractivity contribution < 1.29 is 19.2 Å². The van der Waals surface area contributed by atoms with Gasteiger partial charge in [0.2, 0.25) is 5.91 Å². The van der Waals surface area contributed by atoms with Gasteiger partial charge in [0.25, 0.3) is 0 Å². The number of aliphatic carboxylic acids is 1. The van der Waals surface area contributed by atoms with Gasteiger partial charge in [-0.1, -0.05) is 37.0 Å². The molecule has 2 atom stereocenters. The van der Waals surface area contributed by atoms with Crippen LogP contribution in [0, 0.1) is 5.92 Å². The summed E-state index contributed by atoms with van der Waals surface area (Å²) >= 11 is 6.51. The summed E-state index contributed by atoms with van der Waals surface area (Å²) in [7, 11) is 0. The van der Waals surface area contributed by atoms with E-state index in [1.165, 1.54) is 11.4 Å². The van der Waals surface area contributed by atoms with Crippen molar-refractivity contribution in [3.8, 4) is 0 Å². The van der Waals surface area contributed by atoms with Crippen LogP contribution in [-0.4, -0.2) is 42.0 Å². The van der Waals surface area contributed by atoms with Crippen LogP contribution in [0.3, 0.4) is 0 Å². The second kappa shape index (κ2) is 8.15. The van der Waals surface area contributed by atoms with Gasteiger partial charge in [-0.05, 0) is 19.5 Å². The molecule has 0 bridgehead atoms. The molecule has 0 aliphatic rings. The van der Waals surface area contributed by atoms with Gasteiger partial charge in [0, 0.05) is 6.61 Å². The van der Waals surface area contributed by atoms with Gasteiger partial charge in [0.1, 0.15) is 11.5 Å². The summed E-state index contributed by atoms with van der Waals surface area (Å²) in [6, 6.07) is -0.861. The maximum Gasteiger partial charge on any atom is 0.326 e. The van der Waals surface area contributed by atoms with Gasteiger partial charge >= 0.3 is 5.97 Å². The summed E-state index contributed by atoms with van der Waals surface area (Å²) in [5.41, 5.74) is -2.00. The zero-order chi connectivity index (χ0) is 14.3. The lowest BCUT2D eigenvalue weighted by atomic mass is 10.1. The van der Waals surface area contributed by atoms with Gasteiger partial charge in [-0.25, -0.2) is 4.79 Å². The highest BCUT2D eigenvalue weighted by Gasteiger charge is 2.24. The third kappa shape index (κ3) is 7.36. The van der Waals surface area contributed by atoms with Crippen LogP contribution in [0.25, 0.3) is 0 Å². The molecule has 2 unspecified atom stereocenters. The van der Waals surface area contributed by atoms with Crippen LogP contribution in [0.2, 0.25) is 0 Å². The highest BCUT2D eigenvalue weighted by Crippen LogP contribution is 2.56. The van der Waals surface area contributed by atoms with Gasteiger partial charge in [0.15, 0.2) is 0 Å². The largest absolute Gasteiger partial charge is 0.480 e. The minimum absolute atomic E-state index is 0.129. The predicted molar refractivity (Wildman–Crippen MR) is 78.7 cm³/mol. The van der Waals surface area contributed by atoms with E-state index in [0.717, 1.165) is 0 Å². The van der Waals surface area contributed by atoms with E-state index >= 15 is 0 Å². The van der Waals surface area contributed by atoms with E-state index in [2.05, 4.69) is 5.32 Å². The number of nitrogens with one attached hydrogen (secondary N) is 1. The number of carboxylic acids is 1. The lowest BCUT2D eigenvalue weighted by Crippen LogP contribution is -2.45. The summed E-state index contributed by atoms with van der Waals surface area (Å²) in [5, 5.41) is 11.4. The van der Waals surface area contributed by atoms with Crippen molar-refractivity contribution in [3.63, 3.8) is 0 Å². The van der Waals surface area contributed by atoms with Crippen LogP contribution < -0.4 is 5.32 Å². The summed E-state index contributed by atoms with van der Waals surface area (Å²) in [4.78, 5) is 22.6. The monoisotopic (exact) mass is 313 g/mol. The molecular weight excluding hydrogens is 293 g/mol. The van der Waals surface area contributed by atoms with Gasteiger partial charge in [0.05, 0.1) is 5.75 Å². The third-order valence-electron chi connectivity index (χ3n) is 2.04. The van der Waals surface area contributed by atoms with E-state index in [-0.39, 0.29) is 17.6 Å². The molecule has 18 heavy (non-hydrogen) atoms. The van der Waals surface area contributed by atoms with Crippen molar-refractivity contribution in [1.82, 2.24) is 5.32 Å². The van der Waals surface area contributed by atoms with E-state index in [1.54, 1.807) is 20.5 Å². The molecule has 1 amide bonds. The standard InChI is InChI=1S/C10H20NO4PS2/c1-5-15-16(4,17)18-6-8(12)11-9(7(2)3)10(13)14/h7,9H,5-6H2,1-4H3,(H,11,12)(H,13,14). The summed E-state index contributed by atoms with van der Waals surface area (Å²) in [6.07, 6.45) is 0. The first kappa shape index (κ1) is 17.9. The smallest absolute Gasteiger partial charge is 0.326 e. The average molecular weight is 313 g/mol. The topological polar surface area (TPSA) is 75.6 Å². The quantitative estimate of drug-likeness (QED) is 0.667. The van der Waals surface area contributed by atoms with Crippen molar-refractivity contribution in [1.29, 1.82) is 0 Å². The number of carbonyl (C=O) groups is 2. The van der Waals surface area contributed by atoms with Gasteiger partial charge < -0.3 is 14.9 Å². The number of rotatable bonds is 8. The summed E-state index contributed by atoms with van der Waals surface area (Å²) < 4.78 is 5.37. The van der Waals surface area contributed by atoms with E-state index in [4.69, 9.17) is 21.4 Å². The van der Waals surface area contributed by atoms with Gasteiger partial charge in [-0.15, -0.1) is 0 Å². The number of hydrogen-bond donors (Lipinski definition) is 2. The van der Waals surface area contributed by atoms with E-state index in [1.807, 2.05) is 6.92 Å². The Hall–Kier alpha value is -0.100. The molecule has 0 fully saturated rings. The zero-order valence-electron chi connectivity index (χ0n) is 11.0. The fourth-order valence-electron chi connectivity index (χ4n) is 1.18. The van der Waals surface area contributed by atoms with Crippen molar-refractivity contribution in [2.24, 2.45) is 5.92 Å². The molecule has 0 saturated carbocycles. The first-order valence-corrected chi connectivity index (χ1v) is 10.3. The van der Waals surface area contributed by atoms with Crippen LogP contribution >= 0.6 is 16.8 Å². The van der Waals surface area contributed by atoms with Crippen LogP contribution in [0.1, 0.15) is 20.8 Å².